The molecule has 2 nitrogen and oxygen atoms in total. The standard InChI is InChI=1S/C8H17NOS/c1-8(2,3)11-5-4-7(9)6-10/h4-5,7,10H,6,9H2,1-3H3/b5-4+. The first-order valence-corrected chi connectivity index (χ1v) is 4.54. The van der Waals surface area contributed by atoms with Gasteiger partial charge in [-0.15, -0.1) is 11.8 Å². The normalized spacial score (nSPS) is 15.7. The fraction of sp³-hybridized carbons (Fsp3) is 0.750. The number of nitrogens with two attached hydrogens (primary N) is 1. The maximum atomic E-state index is 8.58. The van der Waals surface area contributed by atoms with E-state index >= 15 is 0 Å². The van der Waals surface area contributed by atoms with Crippen molar-refractivity contribution in [1.29, 1.82) is 0 Å². The summed E-state index contributed by atoms with van der Waals surface area (Å²) in [7, 11) is 0. The second kappa shape index (κ2) is 4.80. The Morgan fingerprint density at radius 1 is 1.55 bits per heavy atom. The van der Waals surface area contributed by atoms with Gasteiger partial charge in [-0.3, -0.25) is 0 Å². The third-order valence-corrected chi connectivity index (χ3v) is 1.96. The monoisotopic (exact) mass is 175 g/mol. The maximum absolute atomic E-state index is 8.58. The summed E-state index contributed by atoms with van der Waals surface area (Å²) in [5.74, 6) is 0. The molecule has 0 rings (SSSR count). The highest BCUT2D eigenvalue weighted by Crippen LogP contribution is 2.23. The summed E-state index contributed by atoms with van der Waals surface area (Å²) in [6.45, 7) is 6.41. The number of hydrogen-bond acceptors (Lipinski definition) is 3. The van der Waals surface area contributed by atoms with Crippen LogP contribution < -0.4 is 5.73 Å². The summed E-state index contributed by atoms with van der Waals surface area (Å²) in [5.41, 5.74) is 5.45. The fourth-order valence-corrected chi connectivity index (χ4v) is 1.09. The molecule has 66 valence electrons. The zero-order valence-electron chi connectivity index (χ0n) is 7.37. The van der Waals surface area contributed by atoms with Crippen molar-refractivity contribution in [2.75, 3.05) is 6.61 Å². The van der Waals surface area contributed by atoms with Crippen molar-refractivity contribution in [1.82, 2.24) is 0 Å². The Bertz CT molecular complexity index is 129. The van der Waals surface area contributed by atoms with Gasteiger partial charge in [0.15, 0.2) is 0 Å². The summed E-state index contributed by atoms with van der Waals surface area (Å²) in [5, 5.41) is 10.5. The fourth-order valence-electron chi connectivity index (χ4n) is 0.405. The number of rotatable bonds is 3. The van der Waals surface area contributed by atoms with Gasteiger partial charge in [0.05, 0.1) is 6.61 Å². The highest BCUT2D eigenvalue weighted by molar-refractivity contribution is 8.03. The molecule has 0 aliphatic heterocycles. The largest absolute Gasteiger partial charge is 0.394 e. The average molecular weight is 175 g/mol. The smallest absolute Gasteiger partial charge is 0.0618 e. The third kappa shape index (κ3) is 7.91. The van der Waals surface area contributed by atoms with Crippen LogP contribution in [0.15, 0.2) is 11.5 Å². The molecule has 0 bridgehead atoms. The first-order valence-electron chi connectivity index (χ1n) is 3.66. The highest BCUT2D eigenvalue weighted by atomic mass is 32.2. The van der Waals surface area contributed by atoms with Crippen LogP contribution in [-0.4, -0.2) is 22.5 Å². The van der Waals surface area contributed by atoms with Gasteiger partial charge in [-0.2, -0.15) is 0 Å². The molecule has 0 fully saturated rings. The lowest BCUT2D eigenvalue weighted by atomic mass is 10.3. The maximum Gasteiger partial charge on any atom is 0.0618 e. The molecule has 0 radical (unpaired) electrons. The predicted octanol–water partition coefficient (Wildman–Crippen LogP) is 1.35. The number of hydrogen-bond donors (Lipinski definition) is 2. The van der Waals surface area contributed by atoms with Crippen LogP contribution in [0.5, 0.6) is 0 Å². The summed E-state index contributed by atoms with van der Waals surface area (Å²) in [6, 6.07) is -0.218. The van der Waals surface area contributed by atoms with E-state index in [1.165, 1.54) is 0 Å². The van der Waals surface area contributed by atoms with Crippen molar-refractivity contribution in [3.8, 4) is 0 Å². The van der Waals surface area contributed by atoms with Crippen molar-refractivity contribution in [3.05, 3.63) is 11.5 Å². The quantitative estimate of drug-likeness (QED) is 0.680. The van der Waals surface area contributed by atoms with Gasteiger partial charge in [0.25, 0.3) is 0 Å². The van der Waals surface area contributed by atoms with Gasteiger partial charge in [-0.25, -0.2) is 0 Å². The zero-order chi connectivity index (χ0) is 8.91. The molecule has 11 heavy (non-hydrogen) atoms. The molecule has 1 atom stereocenters. The van der Waals surface area contributed by atoms with Crippen LogP contribution in [0, 0.1) is 0 Å². The molecule has 0 spiro atoms. The van der Waals surface area contributed by atoms with Gasteiger partial charge in [0, 0.05) is 10.8 Å². The van der Waals surface area contributed by atoms with Gasteiger partial charge >= 0.3 is 0 Å². The van der Waals surface area contributed by atoms with Gasteiger partial charge in [0.2, 0.25) is 0 Å². The van der Waals surface area contributed by atoms with Crippen LogP contribution in [0.1, 0.15) is 20.8 Å². The van der Waals surface area contributed by atoms with E-state index in [0.29, 0.717) is 0 Å². The van der Waals surface area contributed by atoms with E-state index in [4.69, 9.17) is 10.8 Å². The summed E-state index contributed by atoms with van der Waals surface area (Å²) in [4.78, 5) is 0. The summed E-state index contributed by atoms with van der Waals surface area (Å²) >= 11 is 1.71. The molecular formula is C8H17NOS. The molecule has 0 aliphatic carbocycles. The lowest BCUT2D eigenvalue weighted by Crippen LogP contribution is -2.21. The third-order valence-electron chi connectivity index (χ3n) is 0.958. The van der Waals surface area contributed by atoms with Crippen LogP contribution in [0.3, 0.4) is 0 Å². The van der Waals surface area contributed by atoms with Gasteiger partial charge in [-0.1, -0.05) is 26.8 Å². The van der Waals surface area contributed by atoms with Crippen LogP contribution in [0.2, 0.25) is 0 Å². The van der Waals surface area contributed by atoms with Gasteiger partial charge in [-0.05, 0) is 5.41 Å². The Balaban J connectivity index is 3.60. The van der Waals surface area contributed by atoms with Gasteiger partial charge in [0.1, 0.15) is 0 Å². The van der Waals surface area contributed by atoms with E-state index < -0.39 is 0 Å². The molecular weight excluding hydrogens is 158 g/mol. The average Bonchev–Trinajstić information content (AvgIpc) is 1.85. The summed E-state index contributed by atoms with van der Waals surface area (Å²) < 4.78 is 0.228. The highest BCUT2D eigenvalue weighted by Gasteiger charge is 2.07. The van der Waals surface area contributed by atoms with Crippen molar-refractivity contribution < 1.29 is 5.11 Å². The van der Waals surface area contributed by atoms with E-state index in [2.05, 4.69) is 20.8 Å². The number of aliphatic hydroxyl groups excluding tert-OH is 1. The predicted molar refractivity (Wildman–Crippen MR) is 51.5 cm³/mol. The molecule has 1 unspecified atom stereocenters. The molecule has 0 saturated heterocycles. The van der Waals surface area contributed by atoms with E-state index in [9.17, 15) is 0 Å². The second-order valence-electron chi connectivity index (χ2n) is 3.41. The first kappa shape index (κ1) is 11.0. The van der Waals surface area contributed by atoms with Crippen LogP contribution in [0.4, 0.5) is 0 Å². The molecule has 0 aromatic heterocycles. The second-order valence-corrected chi connectivity index (χ2v) is 5.14. The van der Waals surface area contributed by atoms with Crippen molar-refractivity contribution in [2.24, 2.45) is 5.73 Å². The van der Waals surface area contributed by atoms with E-state index in [1.807, 2.05) is 11.5 Å². The molecule has 0 aliphatic rings. The molecule has 0 heterocycles. The zero-order valence-corrected chi connectivity index (χ0v) is 8.19. The molecule has 3 N–H and O–H groups in total. The van der Waals surface area contributed by atoms with Crippen LogP contribution >= 0.6 is 11.8 Å². The molecule has 0 aromatic rings. The molecule has 0 saturated carbocycles. The van der Waals surface area contributed by atoms with E-state index in [0.717, 1.165) is 0 Å². The minimum atomic E-state index is -0.218. The Morgan fingerprint density at radius 3 is 2.45 bits per heavy atom. The lowest BCUT2D eigenvalue weighted by molar-refractivity contribution is 0.284. The van der Waals surface area contributed by atoms with E-state index in [1.54, 1.807) is 11.8 Å². The Labute approximate surface area is 72.9 Å². The SMILES string of the molecule is CC(C)(C)S/C=C/C(N)CO. The minimum Gasteiger partial charge on any atom is -0.394 e. The van der Waals surface area contributed by atoms with E-state index in [-0.39, 0.29) is 17.4 Å². The number of aliphatic hydroxyl groups is 1. The Morgan fingerprint density at radius 2 is 2.09 bits per heavy atom. The van der Waals surface area contributed by atoms with Gasteiger partial charge < -0.3 is 10.8 Å². The summed E-state index contributed by atoms with van der Waals surface area (Å²) in [6.07, 6.45) is 1.82. The molecule has 3 heteroatoms. The van der Waals surface area contributed by atoms with Crippen molar-refractivity contribution in [3.63, 3.8) is 0 Å². The van der Waals surface area contributed by atoms with Crippen molar-refractivity contribution in [2.45, 2.75) is 31.6 Å². The minimum absolute atomic E-state index is 0.0151. The number of thioether (sulfide) groups is 1. The van der Waals surface area contributed by atoms with Crippen LogP contribution in [-0.2, 0) is 0 Å². The Hall–Kier alpha value is 0.01000. The van der Waals surface area contributed by atoms with Crippen LogP contribution in [0.25, 0.3) is 0 Å². The van der Waals surface area contributed by atoms with Crippen molar-refractivity contribution >= 4 is 11.8 Å². The Kier molecular flexibility index (Phi) is 4.81. The lowest BCUT2D eigenvalue weighted by Gasteiger charge is -2.14. The molecule has 0 amide bonds. The molecule has 0 aromatic carbocycles. The first-order chi connectivity index (χ1) is 4.95. The topological polar surface area (TPSA) is 46.2 Å².